The molecule has 0 bridgehead atoms. The summed E-state index contributed by atoms with van der Waals surface area (Å²) in [5.74, 6) is 0.750. The Kier molecular flexibility index (Phi) is 7.12. The van der Waals surface area contributed by atoms with Gasteiger partial charge in [0.2, 0.25) is 0 Å². The van der Waals surface area contributed by atoms with Crippen LogP contribution in [-0.4, -0.2) is 16.8 Å². The number of amidine groups is 1. The first kappa shape index (κ1) is 13.9. The fourth-order valence-electron chi connectivity index (χ4n) is 0.717. The molecule has 0 heterocycles. The van der Waals surface area contributed by atoms with Gasteiger partial charge in [-0.3, -0.25) is 0 Å². The van der Waals surface area contributed by atoms with Crippen molar-refractivity contribution in [2.45, 2.75) is 4.90 Å². The molecule has 3 nitrogen and oxygen atoms in total. The maximum absolute atomic E-state index is 8.31. The van der Waals surface area contributed by atoms with E-state index in [0.29, 0.717) is 5.75 Å². The molecule has 1 rings (SSSR count). The molecular formula is C8H10ClIN2OS. The summed E-state index contributed by atoms with van der Waals surface area (Å²) in [5, 5.41) is 11.2. The van der Waals surface area contributed by atoms with Crippen molar-refractivity contribution in [3.63, 3.8) is 0 Å². The molecule has 1 aromatic rings. The van der Waals surface area contributed by atoms with Gasteiger partial charge in [-0.15, -0.1) is 24.2 Å². The summed E-state index contributed by atoms with van der Waals surface area (Å²) in [5.41, 5.74) is 5.33. The summed E-state index contributed by atoms with van der Waals surface area (Å²) >= 11 is 3.79. The van der Waals surface area contributed by atoms with Crippen molar-refractivity contribution in [1.29, 1.82) is 0 Å². The molecular weight excluding hydrogens is 335 g/mol. The van der Waals surface area contributed by atoms with Gasteiger partial charge < -0.3 is 10.9 Å². The molecule has 14 heavy (non-hydrogen) atoms. The molecule has 0 unspecified atom stereocenters. The summed E-state index contributed by atoms with van der Waals surface area (Å²) in [6.45, 7) is 0. The van der Waals surface area contributed by atoms with Gasteiger partial charge in [0.25, 0.3) is 0 Å². The van der Waals surface area contributed by atoms with E-state index in [9.17, 15) is 0 Å². The van der Waals surface area contributed by atoms with E-state index < -0.39 is 0 Å². The van der Waals surface area contributed by atoms with Gasteiger partial charge in [-0.2, -0.15) is 0 Å². The van der Waals surface area contributed by atoms with E-state index in [1.165, 1.54) is 3.57 Å². The van der Waals surface area contributed by atoms with Gasteiger partial charge in [-0.05, 0) is 46.9 Å². The van der Waals surface area contributed by atoms with E-state index in [1.54, 1.807) is 11.8 Å². The minimum atomic E-state index is 0. The fourth-order valence-corrected chi connectivity index (χ4v) is 1.78. The van der Waals surface area contributed by atoms with Crippen molar-refractivity contribution in [1.82, 2.24) is 0 Å². The lowest BCUT2D eigenvalue weighted by atomic mass is 10.4. The maximum Gasteiger partial charge on any atom is 0.149 e. The van der Waals surface area contributed by atoms with Crippen LogP contribution in [0.25, 0.3) is 0 Å². The smallest absolute Gasteiger partial charge is 0.149 e. The highest BCUT2D eigenvalue weighted by Gasteiger charge is 1.96. The lowest BCUT2D eigenvalue weighted by Gasteiger charge is -1.99. The normalized spacial score (nSPS) is 10.8. The fraction of sp³-hybridized carbons (Fsp3) is 0.125. The van der Waals surface area contributed by atoms with Crippen molar-refractivity contribution in [3.8, 4) is 0 Å². The van der Waals surface area contributed by atoms with Crippen LogP contribution in [0.15, 0.2) is 34.3 Å². The molecule has 0 atom stereocenters. The van der Waals surface area contributed by atoms with Crippen LogP contribution in [0, 0.1) is 3.57 Å². The molecule has 0 spiro atoms. The first-order valence-corrected chi connectivity index (χ1v) is 5.63. The molecule has 78 valence electrons. The lowest BCUT2D eigenvalue weighted by Crippen LogP contribution is -2.13. The van der Waals surface area contributed by atoms with Crippen LogP contribution in [0.1, 0.15) is 0 Å². The standard InChI is InChI=1S/C8H9IN2OS.ClH/c9-6-1-3-7(4-2-6)13-5-8(10)11-12;/h1-4,12H,5H2,(H2,10,11);1H. The molecule has 6 heteroatoms. The SMILES string of the molecule is Cl.NC(CSc1ccc(I)cc1)=NO. The van der Waals surface area contributed by atoms with E-state index in [2.05, 4.69) is 27.7 Å². The topological polar surface area (TPSA) is 58.6 Å². The molecule has 0 aromatic heterocycles. The summed E-state index contributed by atoms with van der Waals surface area (Å²) in [7, 11) is 0. The van der Waals surface area contributed by atoms with Gasteiger partial charge in [-0.25, -0.2) is 0 Å². The molecule has 3 N–H and O–H groups in total. The zero-order valence-corrected chi connectivity index (χ0v) is 11.0. The zero-order valence-electron chi connectivity index (χ0n) is 7.18. The number of benzene rings is 1. The molecule has 0 saturated heterocycles. The monoisotopic (exact) mass is 344 g/mol. The minimum Gasteiger partial charge on any atom is -0.409 e. The van der Waals surface area contributed by atoms with Gasteiger partial charge >= 0.3 is 0 Å². The average molecular weight is 345 g/mol. The van der Waals surface area contributed by atoms with Crippen LogP contribution in [0.3, 0.4) is 0 Å². The van der Waals surface area contributed by atoms with Gasteiger partial charge in [0.1, 0.15) is 5.84 Å². The van der Waals surface area contributed by atoms with E-state index in [1.807, 2.05) is 24.3 Å². The van der Waals surface area contributed by atoms with Gasteiger partial charge in [0, 0.05) is 8.47 Å². The Balaban J connectivity index is 0.00000169. The predicted molar refractivity (Wildman–Crippen MR) is 70.5 cm³/mol. The summed E-state index contributed by atoms with van der Waals surface area (Å²) < 4.78 is 1.20. The van der Waals surface area contributed by atoms with Crippen LogP contribution in [0.4, 0.5) is 0 Å². The van der Waals surface area contributed by atoms with Crippen molar-refractivity contribution >= 4 is 52.6 Å². The highest BCUT2D eigenvalue weighted by molar-refractivity contribution is 14.1. The van der Waals surface area contributed by atoms with Crippen molar-refractivity contribution in [3.05, 3.63) is 27.8 Å². The second-order valence-corrected chi connectivity index (χ2v) is 4.63. The van der Waals surface area contributed by atoms with Crippen molar-refractivity contribution in [2.75, 3.05) is 5.75 Å². The number of thioether (sulfide) groups is 1. The van der Waals surface area contributed by atoms with Crippen LogP contribution in [-0.2, 0) is 0 Å². The van der Waals surface area contributed by atoms with Crippen LogP contribution in [0.2, 0.25) is 0 Å². The summed E-state index contributed by atoms with van der Waals surface area (Å²) in [4.78, 5) is 1.12. The Labute approximate surface area is 107 Å². The maximum atomic E-state index is 8.31. The lowest BCUT2D eigenvalue weighted by molar-refractivity contribution is 0.318. The Morgan fingerprint density at radius 1 is 1.43 bits per heavy atom. The summed E-state index contributed by atoms with van der Waals surface area (Å²) in [6.07, 6.45) is 0. The van der Waals surface area contributed by atoms with Gasteiger partial charge in [0.15, 0.2) is 0 Å². The van der Waals surface area contributed by atoms with E-state index in [0.717, 1.165) is 4.90 Å². The predicted octanol–water partition coefficient (Wildman–Crippen LogP) is 2.55. The Morgan fingerprint density at radius 2 is 2.00 bits per heavy atom. The average Bonchev–Trinajstić information content (AvgIpc) is 2.16. The molecule has 0 aliphatic heterocycles. The largest absolute Gasteiger partial charge is 0.409 e. The minimum absolute atomic E-state index is 0. The third-order valence-electron chi connectivity index (χ3n) is 1.33. The third kappa shape index (κ3) is 4.92. The Morgan fingerprint density at radius 3 is 2.50 bits per heavy atom. The number of oxime groups is 1. The van der Waals surface area contributed by atoms with Crippen LogP contribution < -0.4 is 5.73 Å². The number of halogens is 2. The molecule has 1 aromatic carbocycles. The number of rotatable bonds is 3. The van der Waals surface area contributed by atoms with Gasteiger partial charge in [0.05, 0.1) is 5.75 Å². The first-order chi connectivity index (χ1) is 6.22. The molecule has 0 saturated carbocycles. The zero-order chi connectivity index (χ0) is 9.68. The first-order valence-electron chi connectivity index (χ1n) is 3.57. The molecule has 0 aliphatic rings. The van der Waals surface area contributed by atoms with Gasteiger partial charge in [-0.1, -0.05) is 5.16 Å². The summed E-state index contributed by atoms with van der Waals surface area (Å²) in [6, 6.07) is 8.07. The number of hydrogen-bond acceptors (Lipinski definition) is 3. The third-order valence-corrected chi connectivity index (χ3v) is 3.09. The van der Waals surface area contributed by atoms with Crippen molar-refractivity contribution < 1.29 is 5.21 Å². The van der Waals surface area contributed by atoms with E-state index >= 15 is 0 Å². The second kappa shape index (κ2) is 7.19. The Bertz CT molecular complexity index is 305. The second-order valence-electron chi connectivity index (χ2n) is 2.33. The van der Waals surface area contributed by atoms with E-state index in [4.69, 9.17) is 10.9 Å². The highest BCUT2D eigenvalue weighted by atomic mass is 127. The van der Waals surface area contributed by atoms with Crippen molar-refractivity contribution in [2.24, 2.45) is 10.9 Å². The molecule has 0 amide bonds. The highest BCUT2D eigenvalue weighted by Crippen LogP contribution is 2.18. The van der Waals surface area contributed by atoms with Crippen LogP contribution in [0.5, 0.6) is 0 Å². The molecule has 0 radical (unpaired) electrons. The number of nitrogens with zero attached hydrogens (tertiary/aromatic N) is 1. The van der Waals surface area contributed by atoms with E-state index in [-0.39, 0.29) is 18.2 Å². The molecule has 0 aliphatic carbocycles. The number of hydrogen-bond donors (Lipinski definition) is 2. The Hall–Kier alpha value is -0.140. The molecule has 0 fully saturated rings. The number of nitrogens with two attached hydrogens (primary N) is 1. The quantitative estimate of drug-likeness (QED) is 0.221. The van der Waals surface area contributed by atoms with Crippen LogP contribution >= 0.6 is 46.8 Å².